The van der Waals surface area contributed by atoms with E-state index in [9.17, 15) is 18.0 Å². The van der Waals surface area contributed by atoms with Crippen LogP contribution in [-0.2, 0) is 22.3 Å². The molecule has 1 aliphatic carbocycles. The highest BCUT2D eigenvalue weighted by molar-refractivity contribution is 5.79. The zero-order chi connectivity index (χ0) is 19.7. The van der Waals surface area contributed by atoms with Crippen molar-refractivity contribution in [1.29, 1.82) is 0 Å². The summed E-state index contributed by atoms with van der Waals surface area (Å²) in [5, 5.41) is 3.64. The molecule has 1 aromatic rings. The van der Waals surface area contributed by atoms with Crippen molar-refractivity contribution in [3.05, 3.63) is 29.3 Å². The molecule has 2 heterocycles. The summed E-state index contributed by atoms with van der Waals surface area (Å²) in [6.07, 6.45) is 0.0850. The van der Waals surface area contributed by atoms with Gasteiger partial charge in [-0.15, -0.1) is 0 Å². The molecule has 2 atom stereocenters. The zero-order valence-corrected chi connectivity index (χ0v) is 15.6. The predicted molar refractivity (Wildman–Crippen MR) is 95.6 cm³/mol. The number of benzene rings is 1. The Labute approximate surface area is 162 Å². The summed E-state index contributed by atoms with van der Waals surface area (Å²) in [6, 6.07) is 4.19. The van der Waals surface area contributed by atoms with Crippen molar-refractivity contribution < 1.29 is 27.4 Å². The summed E-state index contributed by atoms with van der Waals surface area (Å²) in [5.74, 6) is 0.287. The van der Waals surface area contributed by atoms with E-state index in [-0.39, 0.29) is 25.1 Å². The molecule has 28 heavy (non-hydrogen) atoms. The highest BCUT2D eigenvalue weighted by Gasteiger charge is 2.36. The van der Waals surface area contributed by atoms with Crippen LogP contribution in [0.25, 0.3) is 0 Å². The van der Waals surface area contributed by atoms with Gasteiger partial charge in [-0.25, -0.2) is 0 Å². The minimum Gasteiger partial charge on any atom is -0.473 e. The summed E-state index contributed by atoms with van der Waals surface area (Å²) in [5.41, 5.74) is -0.310. The van der Waals surface area contributed by atoms with Gasteiger partial charge in [0.05, 0.1) is 12.1 Å². The van der Waals surface area contributed by atoms with Crippen molar-refractivity contribution in [3.8, 4) is 5.75 Å². The van der Waals surface area contributed by atoms with E-state index < -0.39 is 11.7 Å². The maximum atomic E-state index is 13.0. The molecule has 3 aliphatic rings. The average molecular weight is 398 g/mol. The third-order valence-corrected chi connectivity index (χ3v) is 5.91. The molecule has 1 saturated heterocycles. The normalized spacial score (nSPS) is 26.0. The van der Waals surface area contributed by atoms with Gasteiger partial charge < -0.3 is 19.7 Å². The average Bonchev–Trinajstić information content (AvgIpc) is 3.15. The van der Waals surface area contributed by atoms with Crippen LogP contribution in [0.3, 0.4) is 0 Å². The van der Waals surface area contributed by atoms with Crippen LogP contribution in [0.4, 0.5) is 13.2 Å². The lowest BCUT2D eigenvalue weighted by Gasteiger charge is -2.31. The fraction of sp³-hybridized carbons (Fsp3) is 0.650. The topological polar surface area (TPSA) is 50.8 Å². The Morgan fingerprint density at radius 2 is 1.89 bits per heavy atom. The van der Waals surface area contributed by atoms with E-state index in [2.05, 4.69) is 5.32 Å². The molecule has 4 rings (SSSR count). The van der Waals surface area contributed by atoms with Gasteiger partial charge in [-0.2, -0.15) is 13.2 Å². The fourth-order valence-corrected chi connectivity index (χ4v) is 4.37. The Hall–Kier alpha value is -1.80. The summed E-state index contributed by atoms with van der Waals surface area (Å²) < 4.78 is 49.8. The number of alkyl halides is 3. The maximum Gasteiger partial charge on any atom is 0.416 e. The van der Waals surface area contributed by atoms with Crippen LogP contribution in [0.2, 0.25) is 0 Å². The van der Waals surface area contributed by atoms with Crippen LogP contribution in [0.1, 0.15) is 43.2 Å². The molecule has 2 fully saturated rings. The monoisotopic (exact) mass is 398 g/mol. The highest BCUT2D eigenvalue weighted by atomic mass is 19.4. The van der Waals surface area contributed by atoms with Crippen molar-refractivity contribution in [1.82, 2.24) is 10.2 Å². The first-order valence-electron chi connectivity index (χ1n) is 9.85. The first kappa shape index (κ1) is 19.5. The fourth-order valence-electron chi connectivity index (χ4n) is 4.37. The van der Waals surface area contributed by atoms with Crippen molar-refractivity contribution in [2.75, 3.05) is 19.9 Å². The molecule has 1 aromatic carbocycles. The number of hydrogen-bond donors (Lipinski definition) is 1. The van der Waals surface area contributed by atoms with Gasteiger partial charge in [0.1, 0.15) is 5.75 Å². The first-order valence-corrected chi connectivity index (χ1v) is 9.85. The lowest BCUT2D eigenvalue weighted by molar-refractivity contribution is -0.140. The molecule has 0 spiro atoms. The first-order chi connectivity index (χ1) is 13.4. The molecule has 1 N–H and O–H groups in total. The number of carbonyl (C=O) groups excluding carboxylic acids is 1. The van der Waals surface area contributed by atoms with E-state index in [0.717, 1.165) is 57.5 Å². The molecule has 1 saturated carbocycles. The van der Waals surface area contributed by atoms with Crippen LogP contribution in [0, 0.1) is 5.92 Å². The molecule has 0 radical (unpaired) electrons. The van der Waals surface area contributed by atoms with Gasteiger partial charge >= 0.3 is 6.18 Å². The molecular formula is C20H25F3N2O3. The smallest absolute Gasteiger partial charge is 0.416 e. The molecule has 154 valence electrons. The predicted octanol–water partition coefficient (Wildman–Crippen LogP) is 3.32. The van der Waals surface area contributed by atoms with Crippen LogP contribution >= 0.6 is 0 Å². The molecule has 2 unspecified atom stereocenters. The minimum absolute atomic E-state index is 0.0284. The van der Waals surface area contributed by atoms with Crippen molar-refractivity contribution >= 4 is 5.91 Å². The van der Waals surface area contributed by atoms with E-state index in [0.29, 0.717) is 23.4 Å². The summed E-state index contributed by atoms with van der Waals surface area (Å²) in [7, 11) is 0. The van der Waals surface area contributed by atoms with Gasteiger partial charge in [-0.3, -0.25) is 4.79 Å². The maximum absolute atomic E-state index is 13.0. The van der Waals surface area contributed by atoms with Crippen molar-refractivity contribution in [3.63, 3.8) is 0 Å². The Bertz CT molecular complexity index is 719. The van der Waals surface area contributed by atoms with Gasteiger partial charge in [0.2, 0.25) is 5.91 Å². The number of hydrogen-bond acceptors (Lipinski definition) is 4. The second-order valence-corrected chi connectivity index (χ2v) is 7.89. The third-order valence-electron chi connectivity index (χ3n) is 5.91. The van der Waals surface area contributed by atoms with E-state index >= 15 is 0 Å². The number of fused-ring (bicyclic) bond motifs is 1. The van der Waals surface area contributed by atoms with E-state index in [4.69, 9.17) is 9.47 Å². The molecule has 8 heteroatoms. The Balaban J connectivity index is 1.36. The van der Waals surface area contributed by atoms with Crippen LogP contribution in [-0.4, -0.2) is 42.8 Å². The lowest BCUT2D eigenvalue weighted by atomic mass is 10.0. The number of amides is 1. The second-order valence-electron chi connectivity index (χ2n) is 7.89. The number of nitrogens with one attached hydrogen (secondary N) is 1. The largest absolute Gasteiger partial charge is 0.473 e. The number of carbonyl (C=O) groups is 1. The third kappa shape index (κ3) is 4.27. The van der Waals surface area contributed by atoms with Gasteiger partial charge in [0, 0.05) is 36.8 Å². The molecule has 1 amide bonds. The minimum atomic E-state index is -4.41. The summed E-state index contributed by atoms with van der Waals surface area (Å²) in [4.78, 5) is 14.4. The Morgan fingerprint density at radius 3 is 2.64 bits per heavy atom. The van der Waals surface area contributed by atoms with Gasteiger partial charge in [-0.1, -0.05) is 0 Å². The second kappa shape index (κ2) is 7.91. The highest BCUT2D eigenvalue weighted by Crippen LogP contribution is 2.35. The van der Waals surface area contributed by atoms with E-state index in [1.165, 1.54) is 11.0 Å². The Kier molecular flexibility index (Phi) is 5.51. The molecule has 0 bridgehead atoms. The molecule has 2 aliphatic heterocycles. The quantitative estimate of drug-likeness (QED) is 0.849. The van der Waals surface area contributed by atoms with Crippen LogP contribution in [0.15, 0.2) is 18.2 Å². The number of halogens is 3. The van der Waals surface area contributed by atoms with E-state index in [1.807, 2.05) is 0 Å². The van der Waals surface area contributed by atoms with E-state index in [1.54, 1.807) is 0 Å². The van der Waals surface area contributed by atoms with Gasteiger partial charge in [0.25, 0.3) is 0 Å². The zero-order valence-electron chi connectivity index (χ0n) is 15.6. The summed E-state index contributed by atoms with van der Waals surface area (Å²) in [6.45, 7) is 1.80. The lowest BCUT2D eigenvalue weighted by Crippen LogP contribution is -2.42. The SMILES string of the molecule is O=C(C1CCC(NC2CCOCC2)C1)N1COc2ccc(C(F)(F)F)cc2C1. The Morgan fingerprint density at radius 1 is 1.11 bits per heavy atom. The van der Waals surface area contributed by atoms with Crippen molar-refractivity contribution in [2.24, 2.45) is 5.92 Å². The number of rotatable bonds is 3. The van der Waals surface area contributed by atoms with Gasteiger partial charge in [-0.05, 0) is 50.3 Å². The number of nitrogens with zero attached hydrogens (tertiary/aromatic N) is 1. The molecule has 5 nitrogen and oxygen atoms in total. The van der Waals surface area contributed by atoms with Crippen LogP contribution < -0.4 is 10.1 Å². The van der Waals surface area contributed by atoms with Crippen molar-refractivity contribution in [2.45, 2.75) is 56.9 Å². The van der Waals surface area contributed by atoms with Gasteiger partial charge in [0.15, 0.2) is 6.73 Å². The summed E-state index contributed by atoms with van der Waals surface area (Å²) >= 11 is 0. The molecular weight excluding hydrogens is 373 g/mol. The van der Waals surface area contributed by atoms with Crippen LogP contribution in [0.5, 0.6) is 5.75 Å². The standard InChI is InChI=1S/C20H25F3N2O3/c21-20(22,23)15-2-4-18-14(9-15)11-25(12-28-18)19(26)13-1-3-17(10-13)24-16-5-7-27-8-6-16/h2,4,9,13,16-17,24H,1,3,5-8,10-12H2. The number of ether oxygens (including phenoxy) is 2. The molecule has 0 aromatic heterocycles.